The number of halogens is 1. The third-order valence-electron chi connectivity index (χ3n) is 4.48. The molecule has 0 spiro atoms. The number of nitrogens with one attached hydrogen (secondary N) is 1. The number of aliphatic hydroxyl groups is 1. The number of nitrogens with two attached hydrogens (primary N) is 1. The van der Waals surface area contributed by atoms with Crippen LogP contribution in [0.25, 0.3) is 0 Å². The first-order valence-corrected chi connectivity index (χ1v) is 9.11. The number of methoxy groups -OCH3 is 2. The van der Waals surface area contributed by atoms with Gasteiger partial charge in [-0.25, -0.2) is 0 Å². The van der Waals surface area contributed by atoms with Gasteiger partial charge >= 0.3 is 0 Å². The van der Waals surface area contributed by atoms with Gasteiger partial charge in [-0.05, 0) is 42.2 Å². The molecule has 7 heteroatoms. The van der Waals surface area contributed by atoms with E-state index in [0.717, 1.165) is 18.5 Å². The molecule has 0 aliphatic carbocycles. The second-order valence-corrected chi connectivity index (χ2v) is 6.13. The number of para-hydroxylation sites is 1. The van der Waals surface area contributed by atoms with Crippen LogP contribution in [-0.2, 0) is 12.8 Å². The zero-order valence-electron chi connectivity index (χ0n) is 16.9. The highest BCUT2D eigenvalue weighted by atomic mass is 127. The van der Waals surface area contributed by atoms with E-state index in [-0.39, 0.29) is 36.5 Å². The summed E-state index contributed by atoms with van der Waals surface area (Å²) >= 11 is 0. The Morgan fingerprint density at radius 1 is 1.11 bits per heavy atom. The highest BCUT2D eigenvalue weighted by molar-refractivity contribution is 14.0. The summed E-state index contributed by atoms with van der Waals surface area (Å²) in [7, 11) is 3.14. The number of aliphatic imine (C=N–C) groups is 1. The van der Waals surface area contributed by atoms with Gasteiger partial charge in [0.05, 0.1) is 20.8 Å². The summed E-state index contributed by atoms with van der Waals surface area (Å²) in [6.45, 7) is 4.32. The first kappa shape index (κ1) is 24.0. The Balaban J connectivity index is 0.00000392. The standard InChI is InChI=1S/C21H29N3O3.HI/c1-5-14-8-7-9-15(6-2)20(14)24-21(22)23-13-18(25)17-12-16(26-3)10-11-19(17)27-4;/h7-12,18,25H,5-6,13H2,1-4H3,(H3,22,23,24);1H. The lowest BCUT2D eigenvalue weighted by atomic mass is 10.0. The third-order valence-corrected chi connectivity index (χ3v) is 4.48. The average molecular weight is 499 g/mol. The molecule has 154 valence electrons. The molecule has 28 heavy (non-hydrogen) atoms. The quantitative estimate of drug-likeness (QED) is 0.291. The number of hydrogen-bond acceptors (Lipinski definition) is 4. The normalized spacial score (nSPS) is 12.1. The van der Waals surface area contributed by atoms with Crippen molar-refractivity contribution in [3.05, 3.63) is 53.1 Å². The monoisotopic (exact) mass is 499 g/mol. The molecule has 0 aliphatic heterocycles. The molecule has 0 aromatic heterocycles. The summed E-state index contributed by atoms with van der Waals surface area (Å²) in [6.07, 6.45) is 0.933. The van der Waals surface area contributed by atoms with Crippen molar-refractivity contribution in [2.45, 2.75) is 32.8 Å². The van der Waals surface area contributed by atoms with Gasteiger partial charge in [0.25, 0.3) is 0 Å². The van der Waals surface area contributed by atoms with Crippen molar-refractivity contribution < 1.29 is 14.6 Å². The lowest BCUT2D eigenvalue weighted by Gasteiger charge is -2.16. The van der Waals surface area contributed by atoms with Gasteiger partial charge in [-0.15, -0.1) is 24.0 Å². The van der Waals surface area contributed by atoms with Gasteiger partial charge < -0.3 is 25.6 Å². The van der Waals surface area contributed by atoms with E-state index >= 15 is 0 Å². The summed E-state index contributed by atoms with van der Waals surface area (Å²) in [6, 6.07) is 11.5. The van der Waals surface area contributed by atoms with Gasteiger partial charge in [-0.2, -0.15) is 0 Å². The van der Waals surface area contributed by atoms with Crippen LogP contribution in [0.15, 0.2) is 41.4 Å². The Kier molecular flexibility index (Phi) is 10.1. The molecule has 0 saturated carbocycles. The Morgan fingerprint density at radius 3 is 2.29 bits per heavy atom. The second kappa shape index (κ2) is 11.8. The van der Waals surface area contributed by atoms with Crippen molar-refractivity contribution in [3.8, 4) is 11.5 Å². The van der Waals surface area contributed by atoms with E-state index in [0.29, 0.717) is 17.1 Å². The molecule has 0 aliphatic rings. The summed E-state index contributed by atoms with van der Waals surface area (Å²) < 4.78 is 10.5. The molecule has 0 amide bonds. The first-order valence-electron chi connectivity index (χ1n) is 9.11. The number of hydrogen-bond donors (Lipinski definition) is 3. The van der Waals surface area contributed by atoms with Gasteiger partial charge in [0.1, 0.15) is 17.6 Å². The van der Waals surface area contributed by atoms with E-state index in [1.54, 1.807) is 32.4 Å². The van der Waals surface area contributed by atoms with Crippen LogP contribution in [0.3, 0.4) is 0 Å². The van der Waals surface area contributed by atoms with Crippen molar-refractivity contribution >= 4 is 35.6 Å². The molecule has 6 nitrogen and oxygen atoms in total. The SMILES string of the molecule is CCc1cccc(CC)c1NC(N)=NCC(O)c1cc(OC)ccc1OC.I. The Morgan fingerprint density at radius 2 is 1.75 bits per heavy atom. The number of benzene rings is 2. The first-order chi connectivity index (χ1) is 13.0. The molecule has 1 unspecified atom stereocenters. The smallest absolute Gasteiger partial charge is 0.193 e. The zero-order chi connectivity index (χ0) is 19.8. The second-order valence-electron chi connectivity index (χ2n) is 6.13. The molecule has 2 rings (SSSR count). The van der Waals surface area contributed by atoms with Gasteiger partial charge in [0.15, 0.2) is 5.96 Å². The molecule has 0 radical (unpaired) electrons. The Bertz CT molecular complexity index is 774. The highest BCUT2D eigenvalue weighted by Gasteiger charge is 2.15. The molecule has 2 aromatic carbocycles. The Labute approximate surface area is 184 Å². The fourth-order valence-corrected chi connectivity index (χ4v) is 2.95. The van der Waals surface area contributed by atoms with E-state index < -0.39 is 6.10 Å². The van der Waals surface area contributed by atoms with E-state index in [1.807, 2.05) is 0 Å². The van der Waals surface area contributed by atoms with Crippen LogP contribution >= 0.6 is 24.0 Å². The van der Waals surface area contributed by atoms with E-state index in [2.05, 4.69) is 42.4 Å². The van der Waals surface area contributed by atoms with Crippen LogP contribution in [0, 0.1) is 0 Å². The summed E-state index contributed by atoms with van der Waals surface area (Å²) in [5, 5.41) is 13.7. The molecule has 0 bridgehead atoms. The number of nitrogens with zero attached hydrogens (tertiary/aromatic N) is 1. The number of aryl methyl sites for hydroxylation is 2. The van der Waals surface area contributed by atoms with Crippen molar-refractivity contribution in [1.29, 1.82) is 0 Å². The van der Waals surface area contributed by atoms with Gasteiger partial charge in [0.2, 0.25) is 0 Å². The molecule has 0 heterocycles. The molecular formula is C21H30IN3O3. The predicted octanol–water partition coefficient (Wildman–Crippen LogP) is 3.91. The number of ether oxygens (including phenoxy) is 2. The number of guanidine groups is 1. The number of rotatable bonds is 8. The van der Waals surface area contributed by atoms with Gasteiger partial charge in [-0.1, -0.05) is 32.0 Å². The zero-order valence-corrected chi connectivity index (χ0v) is 19.2. The fourth-order valence-electron chi connectivity index (χ4n) is 2.95. The van der Waals surface area contributed by atoms with Crippen molar-refractivity contribution in [1.82, 2.24) is 0 Å². The maximum Gasteiger partial charge on any atom is 0.193 e. The largest absolute Gasteiger partial charge is 0.497 e. The fraction of sp³-hybridized carbons (Fsp3) is 0.381. The molecular weight excluding hydrogens is 469 g/mol. The molecule has 2 aromatic rings. The van der Waals surface area contributed by atoms with Crippen molar-refractivity contribution in [2.75, 3.05) is 26.1 Å². The topological polar surface area (TPSA) is 89.1 Å². The maximum atomic E-state index is 10.5. The maximum absolute atomic E-state index is 10.5. The minimum atomic E-state index is -0.859. The lowest BCUT2D eigenvalue weighted by molar-refractivity contribution is 0.182. The van der Waals surface area contributed by atoms with Crippen LogP contribution in [0.5, 0.6) is 11.5 Å². The summed E-state index contributed by atoms with van der Waals surface area (Å²) in [5.74, 6) is 1.49. The van der Waals surface area contributed by atoms with Gasteiger partial charge in [-0.3, -0.25) is 4.99 Å². The van der Waals surface area contributed by atoms with Crippen LogP contribution in [-0.4, -0.2) is 31.8 Å². The minimum absolute atomic E-state index is 0. The van der Waals surface area contributed by atoms with Gasteiger partial charge in [0, 0.05) is 11.3 Å². The molecule has 0 saturated heterocycles. The van der Waals surface area contributed by atoms with Crippen LogP contribution < -0.4 is 20.5 Å². The lowest BCUT2D eigenvalue weighted by Crippen LogP contribution is -2.25. The average Bonchev–Trinajstić information content (AvgIpc) is 2.71. The van der Waals surface area contributed by atoms with Crippen LogP contribution in [0.2, 0.25) is 0 Å². The summed E-state index contributed by atoms with van der Waals surface area (Å²) in [4.78, 5) is 4.31. The highest BCUT2D eigenvalue weighted by Crippen LogP contribution is 2.29. The van der Waals surface area contributed by atoms with E-state index in [9.17, 15) is 5.11 Å². The summed E-state index contributed by atoms with van der Waals surface area (Å²) in [5.41, 5.74) is 10.0. The molecule has 4 N–H and O–H groups in total. The van der Waals surface area contributed by atoms with Crippen LogP contribution in [0.4, 0.5) is 5.69 Å². The van der Waals surface area contributed by atoms with Crippen LogP contribution in [0.1, 0.15) is 36.6 Å². The van der Waals surface area contributed by atoms with E-state index in [1.165, 1.54) is 11.1 Å². The minimum Gasteiger partial charge on any atom is -0.497 e. The number of anilines is 1. The molecule has 0 fully saturated rings. The predicted molar refractivity (Wildman–Crippen MR) is 125 cm³/mol. The van der Waals surface area contributed by atoms with Crippen molar-refractivity contribution in [3.63, 3.8) is 0 Å². The van der Waals surface area contributed by atoms with Crippen molar-refractivity contribution in [2.24, 2.45) is 10.7 Å². The molecule has 1 atom stereocenters. The van der Waals surface area contributed by atoms with E-state index in [4.69, 9.17) is 15.2 Å². The Hall–Kier alpha value is -2.00. The number of aliphatic hydroxyl groups excluding tert-OH is 1. The third kappa shape index (κ3) is 6.00.